The summed E-state index contributed by atoms with van der Waals surface area (Å²) in [7, 11) is 0. The molecular weight excluding hydrogens is 186 g/mol. The quantitative estimate of drug-likeness (QED) is 0.575. The number of carboxylic acids is 2. The first-order valence-corrected chi connectivity index (χ1v) is 4.07. The molecule has 5 nitrogen and oxygen atoms in total. The molecule has 5 heteroatoms. The van der Waals surface area contributed by atoms with Crippen LogP contribution in [-0.4, -0.2) is 46.7 Å². The van der Waals surface area contributed by atoms with E-state index in [9.17, 15) is 9.59 Å². The van der Waals surface area contributed by atoms with Gasteiger partial charge >= 0.3 is 11.9 Å². The molecule has 0 spiro atoms. The molecule has 2 N–H and O–H groups in total. The molecule has 0 rings (SSSR count). The molecule has 0 aliphatic rings. The second kappa shape index (κ2) is 6.00. The Labute approximate surface area is 82.3 Å². The van der Waals surface area contributed by atoms with Crippen LogP contribution in [0.25, 0.3) is 0 Å². The fourth-order valence-corrected chi connectivity index (χ4v) is 0.971. The molecule has 0 amide bonds. The highest BCUT2D eigenvalue weighted by molar-refractivity contribution is 5.71. The van der Waals surface area contributed by atoms with Crippen LogP contribution >= 0.6 is 0 Å². The van der Waals surface area contributed by atoms with Gasteiger partial charge in [0, 0.05) is 6.54 Å². The third-order valence-corrected chi connectivity index (χ3v) is 1.63. The smallest absolute Gasteiger partial charge is 0.317 e. The average Bonchev–Trinajstić information content (AvgIpc) is 2.02. The summed E-state index contributed by atoms with van der Waals surface area (Å²) in [5.41, 5.74) is 0. The fourth-order valence-electron chi connectivity index (χ4n) is 0.971. The number of terminal acetylenes is 1. The van der Waals surface area contributed by atoms with E-state index in [1.54, 1.807) is 0 Å². The lowest BCUT2D eigenvalue weighted by Gasteiger charge is -2.19. The summed E-state index contributed by atoms with van der Waals surface area (Å²) in [5.74, 6) is -0.312. The molecule has 0 heterocycles. The highest BCUT2D eigenvalue weighted by Crippen LogP contribution is 1.99. The van der Waals surface area contributed by atoms with Crippen LogP contribution in [0.3, 0.4) is 0 Å². The number of carboxylic acid groups (broad SMARTS) is 2. The first-order chi connectivity index (χ1) is 6.47. The van der Waals surface area contributed by atoms with Gasteiger partial charge in [-0.2, -0.15) is 0 Å². The zero-order valence-electron chi connectivity index (χ0n) is 7.93. The third kappa shape index (κ3) is 5.17. The molecule has 0 aromatic heterocycles. The minimum absolute atomic E-state index is 0.143. The van der Waals surface area contributed by atoms with Gasteiger partial charge in [-0.05, 0) is 0 Å². The predicted molar refractivity (Wildman–Crippen MR) is 49.7 cm³/mol. The fraction of sp³-hybridized carbons (Fsp3) is 0.556. The van der Waals surface area contributed by atoms with E-state index in [1.165, 1.54) is 11.8 Å². The van der Waals surface area contributed by atoms with Gasteiger partial charge in [-0.25, -0.2) is 0 Å². The highest BCUT2D eigenvalue weighted by atomic mass is 16.4. The minimum atomic E-state index is -1.02. The number of carbonyl (C=O) groups is 2. The summed E-state index contributed by atoms with van der Waals surface area (Å²) in [6, 6.07) is 0. The third-order valence-electron chi connectivity index (χ3n) is 1.63. The largest absolute Gasteiger partial charge is 0.481 e. The molecule has 0 saturated heterocycles. The average molecular weight is 199 g/mol. The van der Waals surface area contributed by atoms with Crippen molar-refractivity contribution < 1.29 is 19.8 Å². The zero-order valence-corrected chi connectivity index (χ0v) is 7.93. The summed E-state index contributed by atoms with van der Waals surface area (Å²) in [6.07, 6.45) is 5.02. The molecule has 1 unspecified atom stereocenters. The van der Waals surface area contributed by atoms with Crippen LogP contribution in [0.4, 0.5) is 0 Å². The van der Waals surface area contributed by atoms with Gasteiger partial charge in [-0.15, -0.1) is 6.42 Å². The summed E-state index contributed by atoms with van der Waals surface area (Å²) in [5, 5.41) is 17.1. The SMILES string of the molecule is C#CCN(CC(=O)O)CC(C)C(=O)O. The second-order valence-electron chi connectivity index (χ2n) is 3.01. The van der Waals surface area contributed by atoms with Crippen molar-refractivity contribution >= 4 is 11.9 Å². The highest BCUT2D eigenvalue weighted by Gasteiger charge is 2.17. The van der Waals surface area contributed by atoms with E-state index >= 15 is 0 Å². The number of hydrogen-bond donors (Lipinski definition) is 2. The van der Waals surface area contributed by atoms with E-state index in [0.29, 0.717) is 0 Å². The zero-order chi connectivity index (χ0) is 11.1. The van der Waals surface area contributed by atoms with Gasteiger partial charge in [0.15, 0.2) is 0 Å². The Bertz CT molecular complexity index is 256. The number of hydrogen-bond acceptors (Lipinski definition) is 3. The Hall–Kier alpha value is -1.54. The van der Waals surface area contributed by atoms with E-state index in [4.69, 9.17) is 16.6 Å². The van der Waals surface area contributed by atoms with Gasteiger partial charge in [0.1, 0.15) is 0 Å². The van der Waals surface area contributed by atoms with Gasteiger partial charge in [0.25, 0.3) is 0 Å². The standard InChI is InChI=1S/C9H13NO4/c1-3-4-10(6-8(11)12)5-7(2)9(13)14/h1,7H,4-6H2,2H3,(H,11,12)(H,13,14). The van der Waals surface area contributed by atoms with Crippen LogP contribution in [0.5, 0.6) is 0 Å². The number of aliphatic carboxylic acids is 2. The monoisotopic (exact) mass is 199 g/mol. The summed E-state index contributed by atoms with van der Waals surface area (Å²) < 4.78 is 0. The lowest BCUT2D eigenvalue weighted by Crippen LogP contribution is -2.36. The lowest BCUT2D eigenvalue weighted by atomic mass is 10.1. The normalized spacial score (nSPS) is 12.1. The summed E-state index contributed by atoms with van der Waals surface area (Å²) in [4.78, 5) is 22.3. The first-order valence-electron chi connectivity index (χ1n) is 4.07. The van der Waals surface area contributed by atoms with Crippen LogP contribution < -0.4 is 0 Å². The van der Waals surface area contributed by atoms with E-state index < -0.39 is 17.9 Å². The van der Waals surface area contributed by atoms with E-state index in [1.807, 2.05) is 0 Å². The number of rotatable bonds is 6. The van der Waals surface area contributed by atoms with Crippen molar-refractivity contribution in [3.05, 3.63) is 0 Å². The molecule has 14 heavy (non-hydrogen) atoms. The van der Waals surface area contributed by atoms with Crippen LogP contribution in [0.1, 0.15) is 6.92 Å². The van der Waals surface area contributed by atoms with E-state index in [2.05, 4.69) is 5.92 Å². The Balaban J connectivity index is 4.16. The maximum atomic E-state index is 10.5. The van der Waals surface area contributed by atoms with Crippen molar-refractivity contribution in [2.24, 2.45) is 5.92 Å². The summed E-state index contributed by atoms with van der Waals surface area (Å²) in [6.45, 7) is 1.56. The Morgan fingerprint density at radius 2 is 2.07 bits per heavy atom. The molecule has 0 bridgehead atoms. The molecule has 0 aromatic rings. The Kier molecular flexibility index (Phi) is 5.34. The van der Waals surface area contributed by atoms with Crippen molar-refractivity contribution in [2.75, 3.05) is 19.6 Å². The van der Waals surface area contributed by atoms with Gasteiger partial charge < -0.3 is 10.2 Å². The maximum absolute atomic E-state index is 10.5. The van der Waals surface area contributed by atoms with Gasteiger partial charge in [0.05, 0.1) is 19.0 Å². The predicted octanol–water partition coefficient (Wildman–Crippen LogP) is -0.273. The number of nitrogens with zero attached hydrogens (tertiary/aromatic N) is 1. The maximum Gasteiger partial charge on any atom is 0.317 e. The summed E-state index contributed by atoms with van der Waals surface area (Å²) >= 11 is 0. The topological polar surface area (TPSA) is 77.8 Å². The lowest BCUT2D eigenvalue weighted by molar-refractivity contribution is -0.143. The van der Waals surface area contributed by atoms with Crippen molar-refractivity contribution in [1.29, 1.82) is 0 Å². The second-order valence-corrected chi connectivity index (χ2v) is 3.01. The van der Waals surface area contributed by atoms with Crippen LogP contribution in [-0.2, 0) is 9.59 Å². The van der Waals surface area contributed by atoms with Gasteiger partial charge in [-0.3, -0.25) is 14.5 Å². The molecule has 1 atom stereocenters. The Morgan fingerprint density at radius 1 is 1.50 bits per heavy atom. The van der Waals surface area contributed by atoms with Gasteiger partial charge in [-0.1, -0.05) is 12.8 Å². The first kappa shape index (κ1) is 12.5. The van der Waals surface area contributed by atoms with Crippen molar-refractivity contribution in [1.82, 2.24) is 4.90 Å². The molecule has 0 aliphatic heterocycles. The minimum Gasteiger partial charge on any atom is -0.481 e. The van der Waals surface area contributed by atoms with Crippen LogP contribution in [0, 0.1) is 18.3 Å². The van der Waals surface area contributed by atoms with Crippen molar-refractivity contribution in [3.8, 4) is 12.3 Å². The van der Waals surface area contributed by atoms with Crippen molar-refractivity contribution in [2.45, 2.75) is 6.92 Å². The van der Waals surface area contributed by atoms with E-state index in [-0.39, 0.29) is 19.6 Å². The van der Waals surface area contributed by atoms with Gasteiger partial charge in [0.2, 0.25) is 0 Å². The van der Waals surface area contributed by atoms with E-state index in [0.717, 1.165) is 0 Å². The molecule has 0 aromatic carbocycles. The Morgan fingerprint density at radius 3 is 2.43 bits per heavy atom. The molecule has 0 saturated carbocycles. The van der Waals surface area contributed by atoms with Crippen LogP contribution in [0.15, 0.2) is 0 Å². The molecular formula is C9H13NO4. The molecule has 0 aliphatic carbocycles. The van der Waals surface area contributed by atoms with Crippen LogP contribution in [0.2, 0.25) is 0 Å². The molecule has 0 fully saturated rings. The molecule has 78 valence electrons. The molecule has 0 radical (unpaired) electrons. The van der Waals surface area contributed by atoms with Crippen molar-refractivity contribution in [3.63, 3.8) is 0 Å².